The summed E-state index contributed by atoms with van der Waals surface area (Å²) in [6.45, 7) is 0. The minimum Gasteiger partial charge on any atom is -0.497 e. The van der Waals surface area contributed by atoms with Gasteiger partial charge in [-0.25, -0.2) is 0 Å². The molecule has 1 saturated heterocycles. The van der Waals surface area contributed by atoms with Gasteiger partial charge in [0, 0.05) is 13.5 Å². The number of piperidine rings is 1. The van der Waals surface area contributed by atoms with Crippen LogP contribution in [0.1, 0.15) is 33.6 Å². The van der Waals surface area contributed by atoms with Crippen LogP contribution in [0.25, 0.3) is 0 Å². The van der Waals surface area contributed by atoms with Crippen molar-refractivity contribution in [2.75, 3.05) is 14.2 Å². The third-order valence-electron chi connectivity index (χ3n) is 4.06. The molecular weight excluding hydrogens is 288 g/mol. The quantitative estimate of drug-likeness (QED) is 0.740. The van der Waals surface area contributed by atoms with E-state index < -0.39 is 23.8 Å². The van der Waals surface area contributed by atoms with Crippen molar-refractivity contribution in [1.29, 1.82) is 0 Å². The fourth-order valence-electron chi connectivity index (χ4n) is 2.79. The first-order valence-corrected chi connectivity index (χ1v) is 6.82. The summed E-state index contributed by atoms with van der Waals surface area (Å²) in [7, 11) is 2.82. The molecule has 0 aliphatic carbocycles. The number of methoxy groups -OCH3 is 1. The molecule has 114 valence electrons. The first kappa shape index (κ1) is 14.2. The highest BCUT2D eigenvalue weighted by Crippen LogP contribution is 2.30. The largest absolute Gasteiger partial charge is 0.497 e. The number of rotatable bonds is 2. The van der Waals surface area contributed by atoms with Crippen LogP contribution in [0.15, 0.2) is 18.2 Å². The first-order chi connectivity index (χ1) is 10.5. The Labute approximate surface area is 126 Å². The predicted octanol–water partition coefficient (Wildman–Crippen LogP) is 0.439. The summed E-state index contributed by atoms with van der Waals surface area (Å²) in [4.78, 5) is 50.6. The van der Waals surface area contributed by atoms with Gasteiger partial charge in [0.05, 0.1) is 18.2 Å². The molecule has 0 spiro atoms. The van der Waals surface area contributed by atoms with E-state index in [0.29, 0.717) is 5.75 Å². The Morgan fingerprint density at radius 1 is 1.09 bits per heavy atom. The lowest BCUT2D eigenvalue weighted by Gasteiger charge is -2.32. The number of fused-ring (bicyclic) bond motifs is 1. The highest BCUT2D eigenvalue weighted by Gasteiger charge is 2.46. The molecule has 4 amide bonds. The molecule has 1 unspecified atom stereocenters. The van der Waals surface area contributed by atoms with E-state index in [1.54, 1.807) is 6.07 Å². The van der Waals surface area contributed by atoms with Gasteiger partial charge in [-0.15, -0.1) is 0 Å². The van der Waals surface area contributed by atoms with Gasteiger partial charge in [0.25, 0.3) is 17.7 Å². The third-order valence-corrected chi connectivity index (χ3v) is 4.06. The summed E-state index contributed by atoms with van der Waals surface area (Å²) in [5, 5.41) is 0. The second kappa shape index (κ2) is 4.94. The molecule has 7 nitrogen and oxygen atoms in total. The number of imide groups is 2. The SMILES string of the molecule is COc1ccc2c(c1)C(=O)N(C1CCC(=O)N(C)C1=O)C2=O. The Morgan fingerprint density at radius 2 is 1.77 bits per heavy atom. The lowest BCUT2D eigenvalue weighted by Crippen LogP contribution is -2.54. The van der Waals surface area contributed by atoms with Crippen LogP contribution in [0.3, 0.4) is 0 Å². The molecule has 2 aliphatic heterocycles. The van der Waals surface area contributed by atoms with Gasteiger partial charge in [-0.1, -0.05) is 0 Å². The number of carbonyl (C=O) groups excluding carboxylic acids is 4. The normalized spacial score (nSPS) is 21.5. The van der Waals surface area contributed by atoms with Crippen molar-refractivity contribution in [3.05, 3.63) is 29.3 Å². The molecule has 1 atom stereocenters. The maximum atomic E-state index is 12.5. The second-order valence-corrected chi connectivity index (χ2v) is 5.24. The molecule has 2 heterocycles. The number of nitrogens with zero attached hydrogens (tertiary/aromatic N) is 2. The smallest absolute Gasteiger partial charge is 0.262 e. The summed E-state index contributed by atoms with van der Waals surface area (Å²) in [5.74, 6) is -1.41. The van der Waals surface area contributed by atoms with Crippen LogP contribution in [0, 0.1) is 0 Å². The van der Waals surface area contributed by atoms with Crippen molar-refractivity contribution in [3.63, 3.8) is 0 Å². The lowest BCUT2D eigenvalue weighted by atomic mass is 10.0. The van der Waals surface area contributed by atoms with Gasteiger partial charge in [-0.05, 0) is 24.6 Å². The molecule has 2 aliphatic rings. The zero-order valence-corrected chi connectivity index (χ0v) is 12.2. The standard InChI is InChI=1S/C15H14N2O5/c1-16-12(18)6-5-11(15(16)21)17-13(19)9-4-3-8(22-2)7-10(9)14(17)20/h3-4,7,11H,5-6H2,1-2H3. The Balaban J connectivity index is 1.97. The van der Waals surface area contributed by atoms with E-state index in [1.807, 2.05) is 0 Å². The number of amides is 4. The molecule has 0 saturated carbocycles. The molecule has 0 aromatic heterocycles. The van der Waals surface area contributed by atoms with Crippen LogP contribution in [0.5, 0.6) is 5.75 Å². The molecule has 7 heteroatoms. The van der Waals surface area contributed by atoms with E-state index in [4.69, 9.17) is 4.74 Å². The van der Waals surface area contributed by atoms with Crippen LogP contribution in [-0.4, -0.2) is 53.6 Å². The van der Waals surface area contributed by atoms with Gasteiger partial charge in [0.15, 0.2) is 0 Å². The van der Waals surface area contributed by atoms with E-state index >= 15 is 0 Å². The number of carbonyl (C=O) groups is 4. The number of hydrogen-bond acceptors (Lipinski definition) is 5. The Kier molecular flexibility index (Phi) is 3.20. The highest BCUT2D eigenvalue weighted by atomic mass is 16.5. The fourth-order valence-corrected chi connectivity index (χ4v) is 2.79. The predicted molar refractivity (Wildman–Crippen MR) is 74.3 cm³/mol. The first-order valence-electron chi connectivity index (χ1n) is 6.82. The van der Waals surface area contributed by atoms with E-state index in [2.05, 4.69) is 0 Å². The Morgan fingerprint density at radius 3 is 2.45 bits per heavy atom. The van der Waals surface area contributed by atoms with Gasteiger partial charge in [0.1, 0.15) is 11.8 Å². The van der Waals surface area contributed by atoms with Crippen molar-refractivity contribution in [2.24, 2.45) is 0 Å². The Hall–Kier alpha value is -2.70. The third kappa shape index (κ3) is 1.89. The summed E-state index contributed by atoms with van der Waals surface area (Å²) in [6.07, 6.45) is 0.286. The zero-order valence-electron chi connectivity index (χ0n) is 12.2. The average Bonchev–Trinajstić information content (AvgIpc) is 2.77. The summed E-state index contributed by atoms with van der Waals surface area (Å²) < 4.78 is 5.05. The number of likely N-dealkylation sites (N-methyl/N-ethyl adjacent to an activating group) is 1. The highest BCUT2D eigenvalue weighted by molar-refractivity contribution is 6.23. The fraction of sp³-hybridized carbons (Fsp3) is 0.333. The van der Waals surface area contributed by atoms with Crippen molar-refractivity contribution in [1.82, 2.24) is 9.80 Å². The molecule has 22 heavy (non-hydrogen) atoms. The zero-order chi connectivity index (χ0) is 16.0. The molecule has 0 bridgehead atoms. The van der Waals surface area contributed by atoms with E-state index in [9.17, 15) is 19.2 Å². The van der Waals surface area contributed by atoms with Crippen molar-refractivity contribution in [2.45, 2.75) is 18.9 Å². The van der Waals surface area contributed by atoms with Gasteiger partial charge >= 0.3 is 0 Å². The summed E-state index contributed by atoms with van der Waals surface area (Å²) >= 11 is 0. The Bertz CT molecular complexity index is 712. The average molecular weight is 302 g/mol. The van der Waals surface area contributed by atoms with E-state index in [1.165, 1.54) is 26.3 Å². The topological polar surface area (TPSA) is 84.0 Å². The molecule has 0 radical (unpaired) electrons. The molecule has 1 fully saturated rings. The molecule has 1 aromatic rings. The van der Waals surface area contributed by atoms with Crippen LogP contribution in [0.4, 0.5) is 0 Å². The number of benzene rings is 1. The molecule has 1 aromatic carbocycles. The van der Waals surface area contributed by atoms with Crippen molar-refractivity contribution >= 4 is 23.6 Å². The van der Waals surface area contributed by atoms with E-state index in [0.717, 1.165) is 9.80 Å². The van der Waals surface area contributed by atoms with Crippen molar-refractivity contribution < 1.29 is 23.9 Å². The number of hydrogen-bond donors (Lipinski definition) is 0. The van der Waals surface area contributed by atoms with Crippen LogP contribution >= 0.6 is 0 Å². The van der Waals surface area contributed by atoms with Crippen LogP contribution in [-0.2, 0) is 9.59 Å². The van der Waals surface area contributed by atoms with Gasteiger partial charge in [-0.3, -0.25) is 29.0 Å². The van der Waals surface area contributed by atoms with Gasteiger partial charge in [0.2, 0.25) is 5.91 Å². The maximum absolute atomic E-state index is 12.5. The van der Waals surface area contributed by atoms with Gasteiger partial charge < -0.3 is 4.74 Å². The molecule has 0 N–H and O–H groups in total. The summed E-state index contributed by atoms with van der Waals surface area (Å²) in [6, 6.07) is 3.65. The van der Waals surface area contributed by atoms with Crippen LogP contribution < -0.4 is 4.74 Å². The van der Waals surface area contributed by atoms with Crippen molar-refractivity contribution in [3.8, 4) is 5.75 Å². The minimum atomic E-state index is -0.930. The van der Waals surface area contributed by atoms with E-state index in [-0.39, 0.29) is 29.9 Å². The monoisotopic (exact) mass is 302 g/mol. The molecular formula is C15H14N2O5. The number of ether oxygens (including phenoxy) is 1. The van der Waals surface area contributed by atoms with Gasteiger partial charge in [-0.2, -0.15) is 0 Å². The minimum absolute atomic E-state index is 0.129. The second-order valence-electron chi connectivity index (χ2n) is 5.24. The summed E-state index contributed by atoms with van der Waals surface area (Å²) in [5.41, 5.74) is 0.467. The maximum Gasteiger partial charge on any atom is 0.262 e. The van der Waals surface area contributed by atoms with Crippen LogP contribution in [0.2, 0.25) is 0 Å². The lowest BCUT2D eigenvalue weighted by molar-refractivity contribution is -0.149. The molecule has 3 rings (SSSR count). The number of likely N-dealkylation sites (tertiary alicyclic amines) is 1.